The Morgan fingerprint density at radius 1 is 0.694 bits per heavy atom. The number of carbonyl (C=O) groups excluding carboxylic acids is 4. The molecule has 0 saturated heterocycles. The number of allylic oxidation sites excluding steroid dienone is 2. The number of nitrogens with zero attached hydrogens (tertiary/aromatic N) is 4. The lowest BCUT2D eigenvalue weighted by Gasteiger charge is -2.40. The number of carbonyl (C=O) groups is 4. The molecule has 10 nitrogen and oxygen atoms in total. The molecule has 0 aliphatic carbocycles. The zero-order chi connectivity index (χ0) is 26.9. The van der Waals surface area contributed by atoms with Crippen LogP contribution in [-0.2, 0) is 19.1 Å². The van der Waals surface area contributed by atoms with Gasteiger partial charge in [-0.3, -0.25) is 0 Å². The summed E-state index contributed by atoms with van der Waals surface area (Å²) in [5.41, 5.74) is 3.20. The molecule has 36 heavy (non-hydrogen) atoms. The number of hydrogen-bond donors (Lipinski definition) is 0. The van der Waals surface area contributed by atoms with Crippen LogP contribution in [0.5, 0.6) is 0 Å². The van der Waals surface area contributed by atoms with Crippen molar-refractivity contribution in [1.82, 2.24) is 19.6 Å². The van der Waals surface area contributed by atoms with Gasteiger partial charge in [-0.15, -0.1) is 0 Å². The highest BCUT2D eigenvalue weighted by molar-refractivity contribution is 5.96. The van der Waals surface area contributed by atoms with Crippen LogP contribution < -0.4 is 0 Å². The van der Waals surface area contributed by atoms with Crippen LogP contribution in [0.25, 0.3) is 0 Å². The number of benzene rings is 1. The van der Waals surface area contributed by atoms with Gasteiger partial charge in [-0.25, -0.2) is 19.2 Å². The van der Waals surface area contributed by atoms with Crippen molar-refractivity contribution in [1.29, 1.82) is 0 Å². The standard InChI is InChI=1S/C26H34N4O6/c1-9-35-23(31)19-15(3)27(5)25(33)29(7)21(19)17-11-13-18(14-12-17)22-20(24(32)36-10-2)16(4)28(6)26(34)30(22)8/h11-14,21-22H,9-10H2,1-8H3/t21-,22-/m0/s1. The maximum atomic E-state index is 12.9. The van der Waals surface area contributed by atoms with E-state index in [0.29, 0.717) is 33.7 Å². The Bertz CT molecular complexity index is 1050. The van der Waals surface area contributed by atoms with Crippen molar-refractivity contribution in [2.24, 2.45) is 0 Å². The van der Waals surface area contributed by atoms with E-state index in [9.17, 15) is 19.2 Å². The molecule has 2 heterocycles. The van der Waals surface area contributed by atoms with Gasteiger partial charge in [0.25, 0.3) is 0 Å². The Balaban J connectivity index is 2.09. The predicted octanol–water partition coefficient (Wildman–Crippen LogP) is 3.44. The summed E-state index contributed by atoms with van der Waals surface area (Å²) >= 11 is 0. The second-order valence-electron chi connectivity index (χ2n) is 8.82. The third-order valence-electron chi connectivity index (χ3n) is 6.84. The number of urea groups is 2. The molecule has 2 atom stereocenters. The minimum Gasteiger partial charge on any atom is -0.463 e. The van der Waals surface area contributed by atoms with E-state index in [1.807, 2.05) is 0 Å². The van der Waals surface area contributed by atoms with E-state index < -0.39 is 24.0 Å². The lowest BCUT2D eigenvalue weighted by molar-refractivity contribution is -0.140. The summed E-state index contributed by atoms with van der Waals surface area (Å²) in [7, 11) is 6.51. The molecule has 0 bridgehead atoms. The van der Waals surface area contributed by atoms with E-state index >= 15 is 0 Å². The molecule has 3 rings (SSSR count). The molecule has 2 aliphatic heterocycles. The van der Waals surface area contributed by atoms with Crippen LogP contribution in [0.1, 0.15) is 50.9 Å². The molecule has 0 unspecified atom stereocenters. The van der Waals surface area contributed by atoms with Crippen molar-refractivity contribution in [3.63, 3.8) is 0 Å². The second kappa shape index (κ2) is 10.4. The van der Waals surface area contributed by atoms with Crippen molar-refractivity contribution in [2.45, 2.75) is 39.8 Å². The van der Waals surface area contributed by atoms with Crippen molar-refractivity contribution in [3.05, 3.63) is 57.9 Å². The van der Waals surface area contributed by atoms with E-state index in [-0.39, 0.29) is 25.3 Å². The topological polar surface area (TPSA) is 99.7 Å². The van der Waals surface area contributed by atoms with Gasteiger partial charge in [0.1, 0.15) is 0 Å². The fourth-order valence-corrected chi connectivity index (χ4v) is 4.70. The van der Waals surface area contributed by atoms with Crippen LogP contribution in [-0.4, -0.2) is 85.0 Å². The number of ether oxygens (including phenoxy) is 2. The predicted molar refractivity (Wildman–Crippen MR) is 132 cm³/mol. The molecule has 0 aromatic heterocycles. The molecule has 0 fully saturated rings. The summed E-state index contributed by atoms with van der Waals surface area (Å²) < 4.78 is 10.6. The van der Waals surface area contributed by atoms with Gasteiger partial charge in [0, 0.05) is 39.6 Å². The average Bonchev–Trinajstić information content (AvgIpc) is 2.86. The first kappa shape index (κ1) is 26.8. The molecular formula is C26H34N4O6. The first-order valence-corrected chi connectivity index (χ1v) is 11.8. The third kappa shape index (κ3) is 4.43. The quantitative estimate of drug-likeness (QED) is 0.557. The van der Waals surface area contributed by atoms with Crippen LogP contribution >= 0.6 is 0 Å². The zero-order valence-electron chi connectivity index (χ0n) is 22.1. The number of likely N-dealkylation sites (N-methyl/N-ethyl adjacent to an activating group) is 2. The van der Waals surface area contributed by atoms with Crippen molar-refractivity contribution < 1.29 is 28.7 Å². The minimum atomic E-state index is -0.652. The summed E-state index contributed by atoms with van der Waals surface area (Å²) in [5.74, 6) is -0.974. The minimum absolute atomic E-state index is 0.210. The Morgan fingerprint density at radius 3 is 1.28 bits per heavy atom. The normalized spacial score (nSPS) is 20.9. The molecule has 0 spiro atoms. The smallest absolute Gasteiger partial charge is 0.338 e. The third-order valence-corrected chi connectivity index (χ3v) is 6.84. The number of amides is 4. The highest BCUT2D eigenvalue weighted by Crippen LogP contribution is 2.39. The number of esters is 2. The lowest BCUT2D eigenvalue weighted by atomic mass is 9.89. The fourth-order valence-electron chi connectivity index (χ4n) is 4.70. The SMILES string of the molecule is CCOC(=O)C1=C(C)N(C)C(=O)N(C)[C@H]1c1ccc([C@H]2C(C(=O)OCC)=C(C)N(C)C(=O)N2C)cc1. The van der Waals surface area contributed by atoms with Crippen molar-refractivity contribution in [3.8, 4) is 0 Å². The molecule has 0 radical (unpaired) electrons. The van der Waals surface area contributed by atoms with Crippen molar-refractivity contribution in [2.75, 3.05) is 41.4 Å². The van der Waals surface area contributed by atoms with Crippen LogP contribution in [0.2, 0.25) is 0 Å². The highest BCUT2D eigenvalue weighted by Gasteiger charge is 2.41. The summed E-state index contributed by atoms with van der Waals surface area (Å²) in [6.45, 7) is 7.32. The number of rotatable bonds is 6. The Morgan fingerprint density at radius 2 is 1.00 bits per heavy atom. The monoisotopic (exact) mass is 498 g/mol. The highest BCUT2D eigenvalue weighted by atomic mass is 16.5. The maximum absolute atomic E-state index is 12.9. The zero-order valence-corrected chi connectivity index (χ0v) is 22.1. The lowest BCUT2D eigenvalue weighted by Crippen LogP contribution is -2.47. The van der Waals surface area contributed by atoms with Gasteiger partial charge in [0.05, 0.1) is 36.4 Å². The van der Waals surface area contributed by atoms with Gasteiger partial charge in [-0.1, -0.05) is 24.3 Å². The van der Waals surface area contributed by atoms with E-state index in [1.165, 1.54) is 19.6 Å². The molecule has 194 valence electrons. The van der Waals surface area contributed by atoms with Gasteiger partial charge in [-0.05, 0) is 38.8 Å². The Hall–Kier alpha value is -3.82. The van der Waals surface area contributed by atoms with Crippen LogP contribution in [0.15, 0.2) is 46.8 Å². The molecular weight excluding hydrogens is 464 g/mol. The molecule has 1 aromatic rings. The van der Waals surface area contributed by atoms with Gasteiger partial charge in [0.15, 0.2) is 0 Å². The van der Waals surface area contributed by atoms with Gasteiger partial charge < -0.3 is 29.1 Å². The van der Waals surface area contributed by atoms with E-state index in [2.05, 4.69) is 0 Å². The summed E-state index contributed by atoms with van der Waals surface area (Å²) in [5, 5.41) is 0. The molecule has 2 aliphatic rings. The van der Waals surface area contributed by atoms with E-state index in [0.717, 1.165) is 0 Å². The second-order valence-corrected chi connectivity index (χ2v) is 8.82. The first-order valence-electron chi connectivity index (χ1n) is 11.8. The molecule has 0 N–H and O–H groups in total. The van der Waals surface area contributed by atoms with Gasteiger partial charge in [-0.2, -0.15) is 0 Å². The average molecular weight is 499 g/mol. The Labute approximate surface area is 211 Å². The van der Waals surface area contributed by atoms with Crippen molar-refractivity contribution >= 4 is 24.0 Å². The summed E-state index contributed by atoms with van der Waals surface area (Å²) in [6, 6.07) is 5.40. The maximum Gasteiger partial charge on any atom is 0.338 e. The number of hydrogen-bond acceptors (Lipinski definition) is 6. The molecule has 1 aromatic carbocycles. The summed E-state index contributed by atoms with van der Waals surface area (Å²) in [4.78, 5) is 57.3. The largest absolute Gasteiger partial charge is 0.463 e. The van der Waals surface area contributed by atoms with Crippen LogP contribution in [0.3, 0.4) is 0 Å². The molecule has 0 saturated carbocycles. The van der Waals surface area contributed by atoms with Gasteiger partial charge >= 0.3 is 24.0 Å². The molecule has 10 heteroatoms. The Kier molecular flexibility index (Phi) is 7.76. The van der Waals surface area contributed by atoms with Crippen LogP contribution in [0, 0.1) is 0 Å². The van der Waals surface area contributed by atoms with E-state index in [1.54, 1.807) is 80.2 Å². The summed E-state index contributed by atoms with van der Waals surface area (Å²) in [6.07, 6.45) is 0. The fraction of sp³-hybridized carbons (Fsp3) is 0.462. The first-order chi connectivity index (χ1) is 17.0. The van der Waals surface area contributed by atoms with Gasteiger partial charge in [0.2, 0.25) is 0 Å². The van der Waals surface area contributed by atoms with E-state index in [4.69, 9.17) is 9.47 Å². The molecule has 4 amide bonds. The van der Waals surface area contributed by atoms with Crippen LogP contribution in [0.4, 0.5) is 9.59 Å².